The summed E-state index contributed by atoms with van der Waals surface area (Å²) in [5.41, 5.74) is 7.17. The van der Waals surface area contributed by atoms with Crippen molar-refractivity contribution in [3.05, 3.63) is 34.3 Å². The van der Waals surface area contributed by atoms with Crippen LogP contribution in [0.4, 0.5) is 0 Å². The van der Waals surface area contributed by atoms with Crippen LogP contribution in [0.2, 0.25) is 0 Å². The van der Waals surface area contributed by atoms with Crippen LogP contribution < -0.4 is 11.1 Å². The molecule has 1 saturated heterocycles. The number of likely N-dealkylation sites (tertiary alicyclic amines) is 1. The monoisotopic (exact) mass is 367 g/mol. The number of nitrogens with one attached hydrogen (secondary N) is 1. The van der Waals surface area contributed by atoms with Crippen molar-refractivity contribution in [2.75, 3.05) is 13.1 Å². The first-order chi connectivity index (χ1) is 10.5. The maximum atomic E-state index is 12.3. The van der Waals surface area contributed by atoms with Crippen molar-refractivity contribution in [2.45, 2.75) is 51.2 Å². The van der Waals surface area contributed by atoms with Gasteiger partial charge in [-0.15, -0.1) is 0 Å². The van der Waals surface area contributed by atoms with Gasteiger partial charge >= 0.3 is 0 Å². The van der Waals surface area contributed by atoms with Crippen molar-refractivity contribution in [1.82, 2.24) is 10.2 Å². The van der Waals surface area contributed by atoms with E-state index < -0.39 is 0 Å². The standard InChI is InChI=1S/C17H26BrN3O/c1-12(19)16-5-3-4-10-21(16)11-17(22)20-13(2)14-6-8-15(18)9-7-14/h6-9,12-13,16H,3-5,10-11,19H2,1-2H3,(H,20,22). The molecule has 0 radical (unpaired) electrons. The Bertz CT molecular complexity index is 489. The summed E-state index contributed by atoms with van der Waals surface area (Å²) in [6, 6.07) is 8.49. The number of hydrogen-bond acceptors (Lipinski definition) is 3. The van der Waals surface area contributed by atoms with Crippen molar-refractivity contribution >= 4 is 21.8 Å². The Morgan fingerprint density at radius 2 is 2.05 bits per heavy atom. The summed E-state index contributed by atoms with van der Waals surface area (Å²) in [6.45, 7) is 5.45. The predicted octanol–water partition coefficient (Wildman–Crippen LogP) is 2.83. The molecule has 0 bridgehead atoms. The summed E-state index contributed by atoms with van der Waals surface area (Å²) < 4.78 is 1.04. The van der Waals surface area contributed by atoms with Gasteiger partial charge in [0.25, 0.3) is 0 Å². The predicted molar refractivity (Wildman–Crippen MR) is 93.6 cm³/mol. The zero-order valence-corrected chi connectivity index (χ0v) is 15.0. The van der Waals surface area contributed by atoms with E-state index in [1.165, 1.54) is 6.42 Å². The minimum Gasteiger partial charge on any atom is -0.348 e. The lowest BCUT2D eigenvalue weighted by Gasteiger charge is -2.37. The molecule has 3 N–H and O–H groups in total. The highest BCUT2D eigenvalue weighted by atomic mass is 79.9. The van der Waals surface area contributed by atoms with Crippen LogP contribution in [0.15, 0.2) is 28.7 Å². The summed E-state index contributed by atoms with van der Waals surface area (Å²) in [6.07, 6.45) is 3.45. The van der Waals surface area contributed by atoms with Gasteiger partial charge in [-0.3, -0.25) is 9.69 Å². The molecule has 0 spiro atoms. The molecule has 22 heavy (non-hydrogen) atoms. The highest BCUT2D eigenvalue weighted by Gasteiger charge is 2.27. The van der Waals surface area contributed by atoms with E-state index in [1.54, 1.807) is 0 Å². The molecule has 2 rings (SSSR count). The molecule has 1 fully saturated rings. The summed E-state index contributed by atoms with van der Waals surface area (Å²) in [5, 5.41) is 3.09. The average Bonchev–Trinajstić information content (AvgIpc) is 2.48. The van der Waals surface area contributed by atoms with Crippen LogP contribution in [0.1, 0.15) is 44.7 Å². The Morgan fingerprint density at radius 3 is 2.68 bits per heavy atom. The summed E-state index contributed by atoms with van der Waals surface area (Å²) in [4.78, 5) is 14.6. The number of rotatable bonds is 5. The van der Waals surface area contributed by atoms with Crippen molar-refractivity contribution < 1.29 is 4.79 Å². The average molecular weight is 368 g/mol. The van der Waals surface area contributed by atoms with Crippen LogP contribution in [-0.4, -0.2) is 36.0 Å². The van der Waals surface area contributed by atoms with Gasteiger partial charge in [-0.1, -0.05) is 34.5 Å². The highest BCUT2D eigenvalue weighted by Crippen LogP contribution is 2.19. The molecule has 1 aromatic rings. The topological polar surface area (TPSA) is 58.4 Å². The van der Waals surface area contributed by atoms with Gasteiger partial charge < -0.3 is 11.1 Å². The molecule has 0 aromatic heterocycles. The SMILES string of the molecule is CC(NC(=O)CN1CCCCC1C(C)N)c1ccc(Br)cc1. The number of hydrogen-bond donors (Lipinski definition) is 2. The first-order valence-electron chi connectivity index (χ1n) is 8.02. The fraction of sp³-hybridized carbons (Fsp3) is 0.588. The van der Waals surface area contributed by atoms with Crippen LogP contribution >= 0.6 is 15.9 Å². The quantitative estimate of drug-likeness (QED) is 0.840. The number of benzene rings is 1. The molecule has 3 unspecified atom stereocenters. The Hall–Kier alpha value is -0.910. The van der Waals surface area contributed by atoms with Crippen molar-refractivity contribution in [1.29, 1.82) is 0 Å². The maximum absolute atomic E-state index is 12.3. The normalized spacial score (nSPS) is 22.1. The molecule has 1 amide bonds. The van der Waals surface area contributed by atoms with E-state index in [-0.39, 0.29) is 18.0 Å². The van der Waals surface area contributed by atoms with E-state index in [4.69, 9.17) is 5.73 Å². The summed E-state index contributed by atoms with van der Waals surface area (Å²) in [7, 11) is 0. The number of nitrogens with two attached hydrogens (primary N) is 1. The van der Waals surface area contributed by atoms with E-state index in [2.05, 4.69) is 26.1 Å². The molecule has 1 heterocycles. The van der Waals surface area contributed by atoms with Gasteiger partial charge in [-0.25, -0.2) is 0 Å². The van der Waals surface area contributed by atoms with Crippen LogP contribution in [0.5, 0.6) is 0 Å². The van der Waals surface area contributed by atoms with Gasteiger partial charge in [-0.2, -0.15) is 0 Å². The number of carbonyl (C=O) groups excluding carboxylic acids is 1. The smallest absolute Gasteiger partial charge is 0.234 e. The van der Waals surface area contributed by atoms with Gasteiger partial charge in [0, 0.05) is 16.6 Å². The Kier molecular flexibility index (Phi) is 6.41. The van der Waals surface area contributed by atoms with E-state index in [0.717, 1.165) is 29.4 Å². The van der Waals surface area contributed by atoms with Gasteiger partial charge in [-0.05, 0) is 50.9 Å². The second kappa shape index (κ2) is 8.09. The Morgan fingerprint density at radius 1 is 1.36 bits per heavy atom. The second-order valence-electron chi connectivity index (χ2n) is 6.23. The largest absolute Gasteiger partial charge is 0.348 e. The first kappa shape index (κ1) is 17.4. The molecule has 122 valence electrons. The first-order valence-corrected chi connectivity index (χ1v) is 8.81. The van der Waals surface area contributed by atoms with Crippen LogP contribution in [0.3, 0.4) is 0 Å². The molecular weight excluding hydrogens is 342 g/mol. The van der Waals surface area contributed by atoms with Crippen LogP contribution in [0.25, 0.3) is 0 Å². The molecular formula is C17H26BrN3O. The lowest BCUT2D eigenvalue weighted by Crippen LogP contribution is -2.52. The molecule has 1 aliphatic heterocycles. The molecule has 0 aliphatic carbocycles. The Balaban J connectivity index is 1.90. The van der Waals surface area contributed by atoms with Crippen LogP contribution in [-0.2, 0) is 4.79 Å². The molecule has 1 aliphatic rings. The lowest BCUT2D eigenvalue weighted by molar-refractivity contribution is -0.123. The minimum atomic E-state index is 0.0131. The zero-order chi connectivity index (χ0) is 16.1. The highest BCUT2D eigenvalue weighted by molar-refractivity contribution is 9.10. The lowest BCUT2D eigenvalue weighted by atomic mass is 9.97. The third-order valence-corrected chi connectivity index (χ3v) is 4.89. The number of piperidine rings is 1. The van der Waals surface area contributed by atoms with E-state index >= 15 is 0 Å². The zero-order valence-electron chi connectivity index (χ0n) is 13.4. The van der Waals surface area contributed by atoms with E-state index in [0.29, 0.717) is 12.6 Å². The summed E-state index contributed by atoms with van der Waals surface area (Å²) in [5.74, 6) is 0.0722. The van der Waals surface area contributed by atoms with Crippen molar-refractivity contribution in [3.63, 3.8) is 0 Å². The van der Waals surface area contributed by atoms with Gasteiger partial charge in [0.2, 0.25) is 5.91 Å². The van der Waals surface area contributed by atoms with Crippen molar-refractivity contribution in [2.24, 2.45) is 5.73 Å². The third-order valence-electron chi connectivity index (χ3n) is 4.37. The van der Waals surface area contributed by atoms with Crippen LogP contribution in [0, 0.1) is 0 Å². The maximum Gasteiger partial charge on any atom is 0.234 e. The molecule has 5 heteroatoms. The second-order valence-corrected chi connectivity index (χ2v) is 7.15. The van der Waals surface area contributed by atoms with E-state index in [9.17, 15) is 4.79 Å². The van der Waals surface area contributed by atoms with Gasteiger partial charge in [0.05, 0.1) is 12.6 Å². The fourth-order valence-electron chi connectivity index (χ4n) is 3.11. The molecule has 3 atom stereocenters. The molecule has 0 saturated carbocycles. The third kappa shape index (κ3) is 4.80. The molecule has 1 aromatic carbocycles. The number of halogens is 1. The van der Waals surface area contributed by atoms with Gasteiger partial charge in [0.15, 0.2) is 0 Å². The summed E-state index contributed by atoms with van der Waals surface area (Å²) >= 11 is 3.43. The fourth-order valence-corrected chi connectivity index (χ4v) is 3.38. The minimum absolute atomic E-state index is 0.0131. The van der Waals surface area contributed by atoms with E-state index in [1.807, 2.05) is 38.1 Å². The number of amides is 1. The van der Waals surface area contributed by atoms with Crippen molar-refractivity contribution in [3.8, 4) is 0 Å². The van der Waals surface area contributed by atoms with Gasteiger partial charge in [0.1, 0.15) is 0 Å². The number of carbonyl (C=O) groups is 1. The Labute approximate surface area is 141 Å². The molecule has 4 nitrogen and oxygen atoms in total. The number of nitrogens with zero attached hydrogens (tertiary/aromatic N) is 1.